The number of esters is 1. The molecule has 0 radical (unpaired) electrons. The van der Waals surface area contributed by atoms with Gasteiger partial charge in [0.05, 0.1) is 34.7 Å². The predicted molar refractivity (Wildman–Crippen MR) is 136 cm³/mol. The van der Waals surface area contributed by atoms with Crippen molar-refractivity contribution in [3.8, 4) is 0 Å². The molecule has 1 aromatic rings. The van der Waals surface area contributed by atoms with Crippen LogP contribution in [-0.2, 0) is 19.1 Å². The zero-order valence-electron chi connectivity index (χ0n) is 22.1. The van der Waals surface area contributed by atoms with Crippen molar-refractivity contribution in [3.05, 3.63) is 21.7 Å². The minimum absolute atomic E-state index is 0.0115. The van der Waals surface area contributed by atoms with Crippen LogP contribution in [0.5, 0.6) is 0 Å². The molecule has 2 N–H and O–H groups in total. The lowest BCUT2D eigenvalue weighted by Gasteiger charge is -2.32. The summed E-state index contributed by atoms with van der Waals surface area (Å²) in [6.07, 6.45) is 1.72. The Kier molecular flexibility index (Phi) is 8.49. The van der Waals surface area contributed by atoms with Crippen LogP contribution in [0.1, 0.15) is 90.8 Å². The second-order valence-electron chi connectivity index (χ2n) is 11.4. The monoisotopic (exact) mass is 507 g/mol. The van der Waals surface area contributed by atoms with Crippen molar-refractivity contribution < 1.29 is 29.3 Å². The van der Waals surface area contributed by atoms with Crippen LogP contribution in [0.2, 0.25) is 0 Å². The van der Waals surface area contributed by atoms with E-state index in [-0.39, 0.29) is 35.6 Å². The molecule has 7 nitrogen and oxygen atoms in total. The number of cyclic esters (lactones) is 1. The SMILES string of the molecule is CC(=C(O)c1csc(C)n1)[C@@H]1C[C@@H]2O[C@]2(C)CCC[C@H](C)C[C@@H](C)C(=O)C(C)(C)[C@@H](O)CC(=O)O1. The Labute approximate surface area is 212 Å². The number of rotatable bonds is 2. The molecule has 0 aliphatic carbocycles. The lowest BCUT2D eigenvalue weighted by atomic mass is 9.74. The Morgan fingerprint density at radius 3 is 2.51 bits per heavy atom. The molecule has 1 aromatic heterocycles. The maximum absolute atomic E-state index is 13.2. The summed E-state index contributed by atoms with van der Waals surface area (Å²) in [5, 5.41) is 24.3. The van der Waals surface area contributed by atoms with Crippen LogP contribution >= 0.6 is 11.3 Å². The van der Waals surface area contributed by atoms with Gasteiger partial charge in [0.15, 0.2) is 0 Å². The smallest absolute Gasteiger partial charge is 0.309 e. The number of ketones is 1. The Bertz CT molecular complexity index is 969. The Balaban J connectivity index is 1.88. The van der Waals surface area contributed by atoms with Crippen molar-refractivity contribution in [2.45, 2.75) is 111 Å². The summed E-state index contributed by atoms with van der Waals surface area (Å²) in [4.78, 5) is 30.5. The summed E-state index contributed by atoms with van der Waals surface area (Å²) in [5.74, 6) is -0.505. The van der Waals surface area contributed by atoms with Gasteiger partial charge in [0.2, 0.25) is 0 Å². The fraction of sp³-hybridized carbons (Fsp3) is 0.741. The second kappa shape index (κ2) is 10.7. The number of hydrogen-bond donors (Lipinski definition) is 2. The highest BCUT2D eigenvalue weighted by Crippen LogP contribution is 2.45. The van der Waals surface area contributed by atoms with E-state index in [1.807, 2.05) is 13.8 Å². The van der Waals surface area contributed by atoms with Crippen molar-refractivity contribution in [3.63, 3.8) is 0 Å². The van der Waals surface area contributed by atoms with Crippen molar-refractivity contribution in [2.24, 2.45) is 17.3 Å². The third-order valence-electron chi connectivity index (χ3n) is 7.86. The maximum Gasteiger partial charge on any atom is 0.309 e. The summed E-state index contributed by atoms with van der Waals surface area (Å²) in [6.45, 7) is 13.1. The highest BCUT2D eigenvalue weighted by Gasteiger charge is 2.53. The number of aromatic nitrogens is 1. The predicted octanol–water partition coefficient (Wildman–Crippen LogP) is 5.39. The highest BCUT2D eigenvalue weighted by atomic mass is 32.1. The topological polar surface area (TPSA) is 109 Å². The number of ether oxygens (including phenoxy) is 2. The lowest BCUT2D eigenvalue weighted by Crippen LogP contribution is -2.42. The van der Waals surface area contributed by atoms with E-state index >= 15 is 0 Å². The zero-order chi connectivity index (χ0) is 26.1. The number of thiazole rings is 1. The van der Waals surface area contributed by atoms with E-state index in [0.29, 0.717) is 23.6 Å². The number of fused-ring (bicyclic) bond motifs is 1. The van der Waals surface area contributed by atoms with Crippen LogP contribution < -0.4 is 0 Å². The normalized spacial score (nSPS) is 35.6. The summed E-state index contributed by atoms with van der Waals surface area (Å²) in [7, 11) is 0. The molecule has 0 saturated carbocycles. The average molecular weight is 508 g/mol. The molecule has 0 spiro atoms. The third kappa shape index (κ3) is 6.52. The third-order valence-corrected chi connectivity index (χ3v) is 8.63. The molecule has 8 heteroatoms. The van der Waals surface area contributed by atoms with Gasteiger partial charge >= 0.3 is 5.97 Å². The van der Waals surface area contributed by atoms with E-state index in [1.165, 1.54) is 11.3 Å². The van der Waals surface area contributed by atoms with Crippen LogP contribution in [0.15, 0.2) is 11.0 Å². The van der Waals surface area contributed by atoms with Crippen molar-refractivity contribution in [1.29, 1.82) is 0 Å². The van der Waals surface area contributed by atoms with Gasteiger partial charge in [-0.3, -0.25) is 9.59 Å². The van der Waals surface area contributed by atoms with Crippen LogP contribution in [0.25, 0.3) is 5.76 Å². The van der Waals surface area contributed by atoms with Gasteiger partial charge in [0.25, 0.3) is 0 Å². The minimum atomic E-state index is -1.17. The van der Waals surface area contributed by atoms with Gasteiger partial charge in [0, 0.05) is 23.3 Å². The molecule has 196 valence electrons. The van der Waals surface area contributed by atoms with E-state index in [4.69, 9.17) is 9.47 Å². The second-order valence-corrected chi connectivity index (χ2v) is 12.4. The standard InChI is InChI=1S/C27H41NO6S/c1-15-9-8-10-27(7)22(34-27)12-20(17(3)24(31)19-14-35-18(4)28-19)33-23(30)13-21(29)26(5,6)25(32)16(2)11-15/h14-16,20-22,29,31H,8-13H2,1-7H3/t15-,16+,20-,21-,22-,27+/m0/s1. The van der Waals surface area contributed by atoms with Gasteiger partial charge in [-0.15, -0.1) is 11.3 Å². The maximum atomic E-state index is 13.2. The first-order valence-electron chi connectivity index (χ1n) is 12.7. The Morgan fingerprint density at radius 1 is 1.20 bits per heavy atom. The number of epoxide rings is 1. The first kappa shape index (κ1) is 27.8. The van der Waals surface area contributed by atoms with Crippen LogP contribution in [-0.4, -0.2) is 50.9 Å². The molecular formula is C27H41NO6S. The summed E-state index contributed by atoms with van der Waals surface area (Å²) < 4.78 is 11.9. The van der Waals surface area contributed by atoms with Gasteiger partial charge in [-0.1, -0.05) is 40.5 Å². The molecule has 6 atom stereocenters. The van der Waals surface area contributed by atoms with Crippen LogP contribution in [0.4, 0.5) is 0 Å². The minimum Gasteiger partial charge on any atom is -0.506 e. The van der Waals surface area contributed by atoms with Crippen molar-refractivity contribution in [2.75, 3.05) is 0 Å². The molecule has 0 amide bonds. The first-order valence-corrected chi connectivity index (χ1v) is 13.5. The van der Waals surface area contributed by atoms with Crippen molar-refractivity contribution >= 4 is 28.8 Å². The first-order chi connectivity index (χ1) is 16.2. The molecule has 2 saturated heterocycles. The van der Waals surface area contributed by atoms with E-state index in [9.17, 15) is 19.8 Å². The number of nitrogens with zero attached hydrogens (tertiary/aromatic N) is 1. The number of carbonyl (C=O) groups is 2. The van der Waals surface area contributed by atoms with Crippen molar-refractivity contribution in [1.82, 2.24) is 4.98 Å². The fourth-order valence-corrected chi connectivity index (χ4v) is 5.79. The quantitative estimate of drug-likeness (QED) is 0.314. The number of aryl methyl sites for hydroxylation is 1. The number of aliphatic hydroxyl groups is 2. The summed E-state index contributed by atoms with van der Waals surface area (Å²) >= 11 is 1.43. The molecule has 0 aromatic carbocycles. The number of Topliss-reactive ketones (excluding diaryl/α,β-unsaturated/α-hetero) is 1. The van der Waals surface area contributed by atoms with Crippen LogP contribution in [0, 0.1) is 24.2 Å². The van der Waals surface area contributed by atoms with Gasteiger partial charge in [-0.25, -0.2) is 4.98 Å². The number of aliphatic hydroxyl groups excluding tert-OH is 2. The van der Waals surface area contributed by atoms with Gasteiger partial charge in [0.1, 0.15) is 23.3 Å². The molecule has 0 unspecified atom stereocenters. The molecule has 2 aliphatic rings. The molecule has 0 bridgehead atoms. The number of carbonyl (C=O) groups excluding carboxylic acids is 2. The van der Waals surface area contributed by atoms with Gasteiger partial charge < -0.3 is 19.7 Å². The average Bonchev–Trinajstić information content (AvgIpc) is 3.19. The molecule has 35 heavy (non-hydrogen) atoms. The molecular weight excluding hydrogens is 466 g/mol. The fourth-order valence-electron chi connectivity index (χ4n) is 5.19. The van der Waals surface area contributed by atoms with E-state index in [2.05, 4.69) is 18.8 Å². The number of hydrogen-bond acceptors (Lipinski definition) is 8. The largest absolute Gasteiger partial charge is 0.506 e. The Hall–Kier alpha value is -1.77. The molecule has 2 aliphatic heterocycles. The zero-order valence-corrected chi connectivity index (χ0v) is 22.9. The summed E-state index contributed by atoms with van der Waals surface area (Å²) in [5.41, 5.74) is -0.428. The molecule has 3 heterocycles. The lowest BCUT2D eigenvalue weighted by molar-refractivity contribution is -0.153. The molecule has 3 rings (SSSR count). The van der Waals surface area contributed by atoms with Gasteiger partial charge in [-0.2, -0.15) is 0 Å². The Morgan fingerprint density at radius 2 is 1.89 bits per heavy atom. The van der Waals surface area contributed by atoms with E-state index in [0.717, 1.165) is 30.7 Å². The summed E-state index contributed by atoms with van der Waals surface area (Å²) in [6, 6.07) is 0. The highest BCUT2D eigenvalue weighted by molar-refractivity contribution is 7.09. The van der Waals surface area contributed by atoms with E-state index in [1.54, 1.807) is 26.2 Å². The van der Waals surface area contributed by atoms with Gasteiger partial charge in [-0.05, 0) is 39.5 Å². The van der Waals surface area contributed by atoms with E-state index < -0.39 is 23.6 Å². The van der Waals surface area contributed by atoms with Crippen LogP contribution in [0.3, 0.4) is 0 Å². The molecule has 2 fully saturated rings.